The summed E-state index contributed by atoms with van der Waals surface area (Å²) in [5.41, 5.74) is 1.45. The predicted molar refractivity (Wildman–Crippen MR) is 107 cm³/mol. The van der Waals surface area contributed by atoms with Crippen LogP contribution in [0.1, 0.15) is 18.5 Å². The Balaban J connectivity index is 0.00000300. The Morgan fingerprint density at radius 2 is 1.66 bits per heavy atom. The SMILES string of the molecule is COc1cc(C(C)N2CCN(c3ccccc3OC(F)(F)F)CC2)ccc1O.Cl. The molecular weight excluding hydrogens is 409 g/mol. The second-order valence-electron chi connectivity index (χ2n) is 6.65. The van der Waals surface area contributed by atoms with E-state index in [9.17, 15) is 18.3 Å². The Labute approximate surface area is 174 Å². The Hall–Kier alpha value is -2.32. The van der Waals surface area contributed by atoms with Gasteiger partial charge in [-0.1, -0.05) is 18.2 Å². The van der Waals surface area contributed by atoms with Crippen LogP contribution in [-0.4, -0.2) is 49.7 Å². The van der Waals surface area contributed by atoms with E-state index < -0.39 is 6.36 Å². The summed E-state index contributed by atoms with van der Waals surface area (Å²) in [6, 6.07) is 11.5. The third-order valence-electron chi connectivity index (χ3n) is 4.98. The number of rotatable bonds is 5. The van der Waals surface area contributed by atoms with Gasteiger partial charge in [-0.15, -0.1) is 25.6 Å². The lowest BCUT2D eigenvalue weighted by molar-refractivity contribution is -0.274. The highest BCUT2D eigenvalue weighted by atomic mass is 35.5. The summed E-state index contributed by atoms with van der Waals surface area (Å²) >= 11 is 0. The maximum absolute atomic E-state index is 12.7. The second-order valence-corrected chi connectivity index (χ2v) is 6.65. The van der Waals surface area contributed by atoms with E-state index in [4.69, 9.17) is 4.74 Å². The first kappa shape index (κ1) is 23.0. The number of nitrogens with zero attached hydrogens (tertiary/aromatic N) is 2. The molecule has 1 aliphatic heterocycles. The molecule has 0 radical (unpaired) electrons. The number of aromatic hydroxyl groups is 1. The number of hydrogen-bond acceptors (Lipinski definition) is 5. The number of halogens is 4. The Morgan fingerprint density at radius 3 is 2.28 bits per heavy atom. The number of hydrogen-bond donors (Lipinski definition) is 1. The van der Waals surface area contributed by atoms with Crippen molar-refractivity contribution in [2.24, 2.45) is 0 Å². The molecule has 29 heavy (non-hydrogen) atoms. The molecule has 1 saturated heterocycles. The van der Waals surface area contributed by atoms with Crippen molar-refractivity contribution in [3.05, 3.63) is 48.0 Å². The minimum absolute atomic E-state index is 0. The van der Waals surface area contributed by atoms with Gasteiger partial charge in [-0.3, -0.25) is 4.90 Å². The maximum Gasteiger partial charge on any atom is 0.573 e. The molecule has 0 aromatic heterocycles. The summed E-state index contributed by atoms with van der Waals surface area (Å²) in [6.07, 6.45) is -4.72. The molecule has 0 aliphatic carbocycles. The zero-order valence-corrected chi connectivity index (χ0v) is 17.0. The zero-order valence-electron chi connectivity index (χ0n) is 16.1. The molecule has 1 fully saturated rings. The molecule has 0 spiro atoms. The Kier molecular flexibility index (Phi) is 7.48. The normalized spacial score (nSPS) is 16.1. The molecule has 1 atom stereocenters. The van der Waals surface area contributed by atoms with Crippen molar-refractivity contribution < 1.29 is 27.8 Å². The van der Waals surface area contributed by atoms with Gasteiger partial charge in [-0.05, 0) is 36.8 Å². The van der Waals surface area contributed by atoms with E-state index in [-0.39, 0.29) is 29.9 Å². The van der Waals surface area contributed by atoms with Crippen molar-refractivity contribution in [1.29, 1.82) is 0 Å². The summed E-state index contributed by atoms with van der Waals surface area (Å²) in [6.45, 7) is 4.59. The molecule has 5 nitrogen and oxygen atoms in total. The number of para-hydroxylation sites is 2. The molecule has 1 heterocycles. The number of anilines is 1. The first-order valence-electron chi connectivity index (χ1n) is 8.99. The minimum Gasteiger partial charge on any atom is -0.504 e. The lowest BCUT2D eigenvalue weighted by atomic mass is 10.0. The lowest BCUT2D eigenvalue weighted by Crippen LogP contribution is -2.47. The van der Waals surface area contributed by atoms with Gasteiger partial charge in [-0.25, -0.2) is 0 Å². The van der Waals surface area contributed by atoms with Crippen LogP contribution in [0.15, 0.2) is 42.5 Å². The summed E-state index contributed by atoms with van der Waals surface area (Å²) < 4.78 is 47.3. The number of phenols is 1. The van der Waals surface area contributed by atoms with Gasteiger partial charge in [-0.2, -0.15) is 0 Å². The van der Waals surface area contributed by atoms with E-state index in [0.29, 0.717) is 37.6 Å². The minimum atomic E-state index is -4.72. The summed E-state index contributed by atoms with van der Waals surface area (Å²) in [5.74, 6) is 0.325. The fourth-order valence-corrected chi connectivity index (χ4v) is 3.44. The lowest BCUT2D eigenvalue weighted by Gasteiger charge is -2.39. The average molecular weight is 433 g/mol. The van der Waals surface area contributed by atoms with E-state index in [0.717, 1.165) is 5.56 Å². The van der Waals surface area contributed by atoms with Crippen LogP contribution in [-0.2, 0) is 0 Å². The van der Waals surface area contributed by atoms with E-state index >= 15 is 0 Å². The van der Waals surface area contributed by atoms with Crippen molar-refractivity contribution in [3.8, 4) is 17.2 Å². The van der Waals surface area contributed by atoms with Crippen LogP contribution in [0.5, 0.6) is 17.2 Å². The molecule has 0 bridgehead atoms. The van der Waals surface area contributed by atoms with Crippen LogP contribution < -0.4 is 14.4 Å². The van der Waals surface area contributed by atoms with Crippen LogP contribution in [0.2, 0.25) is 0 Å². The molecule has 1 unspecified atom stereocenters. The highest BCUT2D eigenvalue weighted by Crippen LogP contribution is 2.35. The molecular formula is C20H24ClF3N2O3. The standard InChI is InChI=1S/C20H23F3N2O3.ClH/c1-14(15-7-8-17(26)19(13-15)27-2)24-9-11-25(12-10-24)16-5-3-4-6-18(16)28-20(21,22)23;/h3-8,13-14,26H,9-12H2,1-2H3;1H. The Bertz CT molecular complexity index is 812. The van der Waals surface area contributed by atoms with Crippen molar-refractivity contribution >= 4 is 18.1 Å². The number of alkyl halides is 3. The molecule has 2 aromatic rings. The van der Waals surface area contributed by atoms with Crippen molar-refractivity contribution in [2.75, 3.05) is 38.2 Å². The van der Waals surface area contributed by atoms with Crippen molar-refractivity contribution in [3.63, 3.8) is 0 Å². The Morgan fingerprint density at radius 1 is 1.00 bits per heavy atom. The van der Waals surface area contributed by atoms with E-state index in [1.807, 2.05) is 11.0 Å². The smallest absolute Gasteiger partial charge is 0.504 e. The van der Waals surface area contributed by atoms with Gasteiger partial charge < -0.3 is 19.5 Å². The van der Waals surface area contributed by atoms with Crippen molar-refractivity contribution in [1.82, 2.24) is 4.90 Å². The maximum atomic E-state index is 12.7. The van der Waals surface area contributed by atoms with Gasteiger partial charge in [0.2, 0.25) is 0 Å². The van der Waals surface area contributed by atoms with Gasteiger partial charge in [0.1, 0.15) is 0 Å². The molecule has 0 saturated carbocycles. The van der Waals surface area contributed by atoms with Gasteiger partial charge in [0, 0.05) is 32.2 Å². The second kappa shape index (κ2) is 9.45. The highest BCUT2D eigenvalue weighted by molar-refractivity contribution is 5.85. The molecule has 9 heteroatoms. The average Bonchev–Trinajstić information content (AvgIpc) is 2.67. The van der Waals surface area contributed by atoms with Gasteiger partial charge in [0.25, 0.3) is 0 Å². The zero-order chi connectivity index (χ0) is 20.3. The first-order valence-corrected chi connectivity index (χ1v) is 8.99. The van der Waals surface area contributed by atoms with Crippen LogP contribution in [0.25, 0.3) is 0 Å². The van der Waals surface area contributed by atoms with E-state index in [2.05, 4.69) is 16.6 Å². The monoisotopic (exact) mass is 432 g/mol. The fraction of sp³-hybridized carbons (Fsp3) is 0.400. The molecule has 1 N–H and O–H groups in total. The summed E-state index contributed by atoms with van der Waals surface area (Å²) in [5, 5.41) is 9.76. The van der Waals surface area contributed by atoms with E-state index in [1.54, 1.807) is 24.3 Å². The van der Waals surface area contributed by atoms with E-state index in [1.165, 1.54) is 19.2 Å². The van der Waals surface area contributed by atoms with Crippen LogP contribution in [0.3, 0.4) is 0 Å². The molecule has 2 aromatic carbocycles. The van der Waals surface area contributed by atoms with Crippen LogP contribution in [0.4, 0.5) is 18.9 Å². The van der Waals surface area contributed by atoms with Crippen molar-refractivity contribution in [2.45, 2.75) is 19.3 Å². The summed E-state index contributed by atoms with van der Waals surface area (Å²) in [4.78, 5) is 4.15. The number of methoxy groups -OCH3 is 1. The fourth-order valence-electron chi connectivity index (χ4n) is 3.44. The summed E-state index contributed by atoms with van der Waals surface area (Å²) in [7, 11) is 1.50. The quantitative estimate of drug-likeness (QED) is 0.747. The highest BCUT2D eigenvalue weighted by Gasteiger charge is 2.33. The van der Waals surface area contributed by atoms with Crippen LogP contribution >= 0.6 is 12.4 Å². The predicted octanol–water partition coefficient (Wildman–Crippen LogP) is 4.60. The van der Waals surface area contributed by atoms with Crippen LogP contribution in [0, 0.1) is 0 Å². The van der Waals surface area contributed by atoms with Gasteiger partial charge >= 0.3 is 6.36 Å². The number of ether oxygens (including phenoxy) is 2. The number of phenolic OH excluding ortho intramolecular Hbond substituents is 1. The molecule has 3 rings (SSSR count). The largest absolute Gasteiger partial charge is 0.573 e. The third kappa shape index (κ3) is 5.61. The third-order valence-corrected chi connectivity index (χ3v) is 4.98. The number of piperazine rings is 1. The first-order chi connectivity index (χ1) is 13.3. The molecule has 0 amide bonds. The number of benzene rings is 2. The van der Waals surface area contributed by atoms with Gasteiger partial charge in [0.15, 0.2) is 17.2 Å². The topological polar surface area (TPSA) is 45.2 Å². The molecule has 160 valence electrons. The van der Waals surface area contributed by atoms with Gasteiger partial charge in [0.05, 0.1) is 12.8 Å². The molecule has 1 aliphatic rings.